The Morgan fingerprint density at radius 2 is 1.56 bits per heavy atom. The Bertz CT molecular complexity index is 1090. The summed E-state index contributed by atoms with van der Waals surface area (Å²) in [7, 11) is 1.58. The molecule has 0 saturated carbocycles. The van der Waals surface area contributed by atoms with Crippen molar-refractivity contribution in [2.45, 2.75) is 6.18 Å². The van der Waals surface area contributed by atoms with E-state index in [9.17, 15) is 13.2 Å². The summed E-state index contributed by atoms with van der Waals surface area (Å²) in [5.74, 6) is 1.28. The van der Waals surface area contributed by atoms with Gasteiger partial charge in [0.25, 0.3) is 5.78 Å². The molecule has 0 unspecified atom stereocenters. The van der Waals surface area contributed by atoms with Crippen LogP contribution >= 0.6 is 0 Å². The Kier molecular flexibility index (Phi) is 3.98. The fraction of sp³-hybridized carbons (Fsp3) is 0.111. The zero-order valence-electron chi connectivity index (χ0n) is 14.0. The first-order valence-electron chi connectivity index (χ1n) is 7.86. The van der Waals surface area contributed by atoms with Crippen LogP contribution in [0.4, 0.5) is 13.2 Å². The molecular weight excluding hydrogens is 359 g/mol. The van der Waals surface area contributed by atoms with E-state index < -0.39 is 11.7 Å². The Labute approximate surface area is 151 Å². The third-order valence-corrected chi connectivity index (χ3v) is 4.00. The predicted molar refractivity (Wildman–Crippen MR) is 91.0 cm³/mol. The number of rotatable bonds is 3. The Balaban J connectivity index is 1.70. The second-order valence-electron chi connectivity index (χ2n) is 5.68. The number of halogens is 3. The van der Waals surface area contributed by atoms with Crippen LogP contribution in [0.15, 0.2) is 54.7 Å². The van der Waals surface area contributed by atoms with Crippen LogP contribution in [-0.2, 0) is 6.18 Å². The molecule has 0 aliphatic heterocycles. The summed E-state index contributed by atoms with van der Waals surface area (Å²) >= 11 is 0. The average molecular weight is 371 g/mol. The molecule has 0 bridgehead atoms. The first-order chi connectivity index (χ1) is 13.0. The summed E-state index contributed by atoms with van der Waals surface area (Å²) < 4.78 is 44.6. The van der Waals surface area contributed by atoms with Crippen LogP contribution in [0, 0.1) is 0 Å². The number of nitrogens with zero attached hydrogens (tertiary/aromatic N) is 5. The van der Waals surface area contributed by atoms with E-state index in [1.807, 2.05) is 12.1 Å². The normalized spacial score (nSPS) is 11.7. The highest BCUT2D eigenvalue weighted by Gasteiger charge is 2.30. The zero-order chi connectivity index (χ0) is 19.0. The van der Waals surface area contributed by atoms with Crippen molar-refractivity contribution < 1.29 is 17.9 Å². The first-order valence-corrected chi connectivity index (χ1v) is 7.86. The second kappa shape index (κ2) is 6.35. The molecule has 136 valence electrons. The summed E-state index contributed by atoms with van der Waals surface area (Å²) in [6.07, 6.45) is -2.84. The number of methoxy groups -OCH3 is 1. The van der Waals surface area contributed by atoms with Gasteiger partial charge in [-0.2, -0.15) is 22.8 Å². The molecule has 0 aliphatic rings. The molecule has 0 spiro atoms. The lowest BCUT2D eigenvalue weighted by Crippen LogP contribution is -2.04. The van der Waals surface area contributed by atoms with Crippen molar-refractivity contribution in [3.8, 4) is 28.4 Å². The molecule has 9 heteroatoms. The number of hydrogen-bond acceptors (Lipinski definition) is 5. The highest BCUT2D eigenvalue weighted by atomic mass is 19.4. The molecule has 2 aromatic heterocycles. The number of aromatic nitrogens is 5. The summed E-state index contributed by atoms with van der Waals surface area (Å²) in [5, 5.41) is 12.3. The van der Waals surface area contributed by atoms with E-state index in [0.717, 1.165) is 23.4 Å². The van der Waals surface area contributed by atoms with Gasteiger partial charge in [0.1, 0.15) is 5.75 Å². The molecular formula is C18H12F3N5O. The van der Waals surface area contributed by atoms with E-state index in [4.69, 9.17) is 4.74 Å². The topological polar surface area (TPSA) is 65.2 Å². The summed E-state index contributed by atoms with van der Waals surface area (Å²) in [6.45, 7) is 0. The van der Waals surface area contributed by atoms with Gasteiger partial charge < -0.3 is 4.74 Å². The maximum Gasteiger partial charge on any atom is 0.416 e. The lowest BCUT2D eigenvalue weighted by molar-refractivity contribution is -0.137. The molecule has 0 atom stereocenters. The minimum atomic E-state index is -4.39. The Morgan fingerprint density at radius 1 is 0.889 bits per heavy atom. The van der Waals surface area contributed by atoms with Crippen LogP contribution in [0.25, 0.3) is 28.4 Å². The second-order valence-corrected chi connectivity index (χ2v) is 5.68. The molecule has 2 heterocycles. The smallest absolute Gasteiger partial charge is 0.416 e. The molecule has 0 N–H and O–H groups in total. The van der Waals surface area contributed by atoms with Gasteiger partial charge in [-0.15, -0.1) is 10.2 Å². The molecule has 0 aliphatic carbocycles. The number of ether oxygens (including phenoxy) is 1. The van der Waals surface area contributed by atoms with E-state index in [2.05, 4.69) is 20.3 Å². The predicted octanol–water partition coefficient (Wildman–Crippen LogP) is 3.88. The zero-order valence-corrected chi connectivity index (χ0v) is 14.0. The van der Waals surface area contributed by atoms with Crippen molar-refractivity contribution >= 4 is 5.78 Å². The van der Waals surface area contributed by atoms with Crippen molar-refractivity contribution in [1.82, 2.24) is 24.8 Å². The van der Waals surface area contributed by atoms with E-state index in [1.165, 1.54) is 16.6 Å². The van der Waals surface area contributed by atoms with E-state index in [-0.39, 0.29) is 5.78 Å². The molecule has 4 aromatic rings. The largest absolute Gasteiger partial charge is 0.497 e. The van der Waals surface area contributed by atoms with Gasteiger partial charge in [-0.05, 0) is 36.4 Å². The van der Waals surface area contributed by atoms with Gasteiger partial charge in [-0.1, -0.05) is 12.1 Å². The molecule has 2 aromatic carbocycles. The SMILES string of the molecule is COc1ccc(-c2cnn3c(-c4ccc(C(F)(F)F)cc4)nnc3n2)cc1. The Hall–Kier alpha value is -3.49. The molecule has 27 heavy (non-hydrogen) atoms. The quantitative estimate of drug-likeness (QED) is 0.547. The molecule has 0 saturated heterocycles. The van der Waals surface area contributed by atoms with Gasteiger partial charge in [0.2, 0.25) is 0 Å². The van der Waals surface area contributed by atoms with Crippen molar-refractivity contribution in [1.29, 1.82) is 0 Å². The minimum absolute atomic E-state index is 0.248. The molecule has 0 amide bonds. The van der Waals surface area contributed by atoms with E-state index in [1.54, 1.807) is 25.4 Å². The van der Waals surface area contributed by atoms with E-state index in [0.29, 0.717) is 17.1 Å². The third-order valence-electron chi connectivity index (χ3n) is 4.00. The highest BCUT2D eigenvalue weighted by Crippen LogP contribution is 2.30. The lowest BCUT2D eigenvalue weighted by atomic mass is 10.1. The first kappa shape index (κ1) is 17.0. The van der Waals surface area contributed by atoms with Gasteiger partial charge >= 0.3 is 6.18 Å². The highest BCUT2D eigenvalue weighted by molar-refractivity contribution is 5.62. The molecule has 0 radical (unpaired) electrons. The maximum atomic E-state index is 12.7. The summed E-state index contributed by atoms with van der Waals surface area (Å²) in [6, 6.07) is 11.9. The van der Waals surface area contributed by atoms with Gasteiger partial charge in [-0.25, -0.2) is 4.98 Å². The molecule has 6 nitrogen and oxygen atoms in total. The van der Waals surface area contributed by atoms with Crippen molar-refractivity contribution in [3.63, 3.8) is 0 Å². The van der Waals surface area contributed by atoms with Gasteiger partial charge in [0, 0.05) is 11.1 Å². The van der Waals surface area contributed by atoms with Gasteiger partial charge in [-0.3, -0.25) is 0 Å². The Morgan fingerprint density at radius 3 is 2.19 bits per heavy atom. The van der Waals surface area contributed by atoms with Crippen LogP contribution < -0.4 is 4.74 Å². The minimum Gasteiger partial charge on any atom is -0.497 e. The van der Waals surface area contributed by atoms with Crippen LogP contribution in [0.1, 0.15) is 5.56 Å². The average Bonchev–Trinajstić information content (AvgIpc) is 3.10. The van der Waals surface area contributed by atoms with Crippen LogP contribution in [0.5, 0.6) is 5.75 Å². The number of benzene rings is 2. The third kappa shape index (κ3) is 3.19. The molecule has 4 rings (SSSR count). The number of fused-ring (bicyclic) bond motifs is 1. The number of hydrogen-bond donors (Lipinski definition) is 0. The summed E-state index contributed by atoms with van der Waals surface area (Å²) in [5.41, 5.74) is 1.15. The van der Waals surface area contributed by atoms with Crippen molar-refractivity contribution in [3.05, 3.63) is 60.3 Å². The lowest BCUT2D eigenvalue weighted by Gasteiger charge is -2.07. The fourth-order valence-electron chi connectivity index (χ4n) is 2.59. The van der Waals surface area contributed by atoms with Crippen LogP contribution in [0.3, 0.4) is 0 Å². The van der Waals surface area contributed by atoms with Gasteiger partial charge in [0.15, 0.2) is 5.82 Å². The molecule has 0 fully saturated rings. The summed E-state index contributed by atoms with van der Waals surface area (Å²) in [4.78, 5) is 4.41. The maximum absolute atomic E-state index is 12.7. The van der Waals surface area contributed by atoms with Crippen LogP contribution in [0.2, 0.25) is 0 Å². The van der Waals surface area contributed by atoms with E-state index >= 15 is 0 Å². The van der Waals surface area contributed by atoms with Crippen molar-refractivity contribution in [2.24, 2.45) is 0 Å². The number of alkyl halides is 3. The van der Waals surface area contributed by atoms with Gasteiger partial charge in [0.05, 0.1) is 24.6 Å². The van der Waals surface area contributed by atoms with Crippen LogP contribution in [-0.4, -0.2) is 31.9 Å². The standard InChI is InChI=1S/C18H12F3N5O/c1-27-14-8-4-11(5-9-14)15-10-22-26-16(24-25-17(26)23-15)12-2-6-13(7-3-12)18(19,20)21/h2-10H,1H3. The van der Waals surface area contributed by atoms with Crippen molar-refractivity contribution in [2.75, 3.05) is 7.11 Å². The fourth-order valence-corrected chi connectivity index (χ4v) is 2.59. The monoisotopic (exact) mass is 371 g/mol.